The molecule has 0 radical (unpaired) electrons. The Hall–Kier alpha value is -16.0. The molecule has 0 unspecified atom stereocenters. The van der Waals surface area contributed by atoms with Crippen LogP contribution in [0, 0.1) is 0 Å². The van der Waals surface area contributed by atoms with Gasteiger partial charge in [-0.25, -0.2) is 0 Å². The van der Waals surface area contributed by atoms with Crippen molar-refractivity contribution in [1.29, 1.82) is 0 Å². The fourth-order valence-corrected chi connectivity index (χ4v) is 21.7. The van der Waals surface area contributed by atoms with Crippen LogP contribution in [-0.4, -0.2) is 9.13 Å². The van der Waals surface area contributed by atoms with Gasteiger partial charge in [-0.1, -0.05) is 322 Å². The van der Waals surface area contributed by atoms with E-state index in [-0.39, 0.29) is 0 Å². The van der Waals surface area contributed by atoms with Crippen LogP contribution in [0.25, 0.3) is 195 Å². The van der Waals surface area contributed by atoms with Crippen molar-refractivity contribution in [1.82, 2.24) is 9.13 Å². The van der Waals surface area contributed by atoms with Crippen LogP contribution in [0.3, 0.4) is 0 Å². The number of hydrogen-bond acceptors (Lipinski definition) is 4. The Morgan fingerprint density at radius 2 is 0.444 bits per heavy atom. The second kappa shape index (κ2) is 31.2. The second-order valence-electron chi connectivity index (χ2n) is 32.6. The third-order valence-corrected chi connectivity index (χ3v) is 27.8. The molecule has 0 aliphatic heterocycles. The standard InChI is InChI=1S/C120H78N4S2/c1-4-20-79(21-5-1)80-38-40-81(41-39-80)83-46-60-96(61-47-83)121(98-64-50-86(51-65-98)91-58-74-114-110(77-91)105-28-10-14-34-112(105)123(114)94-24-6-2-7-25-94)97-62-48-84(49-63-97)82-42-44-85(45-43-82)90-22-18-23-93(76-90)102-72-73-104(120-118(102)109-31-13-17-37-117(109)126-120)89-56-70-101(71-57-89)122(100-68-54-88(55-69-100)103-32-19-33-108-107-30-12-16-36-116(107)125-119(103)108)99-66-52-87(53-67-99)92-59-75-115-111(78-92)106-29-11-15-35-113(106)124(115)95-26-8-3-9-27-95/h1-78H. The van der Waals surface area contributed by atoms with Gasteiger partial charge in [-0.2, -0.15) is 0 Å². The molecular weight excluding hydrogens is 1560 g/mol. The Bertz CT molecular complexity index is 8240. The maximum Gasteiger partial charge on any atom is 0.0541 e. The molecule has 4 heterocycles. The zero-order chi connectivity index (χ0) is 83.1. The van der Waals surface area contributed by atoms with Crippen molar-refractivity contribution in [3.63, 3.8) is 0 Å². The molecular formula is C120H78N4S2. The van der Waals surface area contributed by atoms with E-state index < -0.39 is 0 Å². The Morgan fingerprint density at radius 1 is 0.159 bits per heavy atom. The molecule has 0 saturated heterocycles. The van der Waals surface area contributed by atoms with Crippen LogP contribution in [0.15, 0.2) is 473 Å². The lowest BCUT2D eigenvalue weighted by Gasteiger charge is -2.26. The van der Waals surface area contributed by atoms with Gasteiger partial charge in [0.2, 0.25) is 0 Å². The molecule has 590 valence electrons. The highest BCUT2D eigenvalue weighted by molar-refractivity contribution is 7.26. The molecule has 0 fully saturated rings. The fraction of sp³-hybridized carbons (Fsp3) is 0. The number of para-hydroxylation sites is 4. The van der Waals surface area contributed by atoms with Crippen LogP contribution < -0.4 is 9.80 Å². The molecule has 0 N–H and O–H groups in total. The Kier molecular flexibility index (Phi) is 18.3. The monoisotopic (exact) mass is 1640 g/mol. The molecule has 6 heteroatoms. The van der Waals surface area contributed by atoms with Gasteiger partial charge in [0.25, 0.3) is 0 Å². The molecule has 0 atom stereocenters. The first-order valence-electron chi connectivity index (χ1n) is 43.1. The molecule has 0 bridgehead atoms. The first-order chi connectivity index (χ1) is 62.4. The third-order valence-electron chi connectivity index (χ3n) is 25.4. The van der Waals surface area contributed by atoms with Crippen LogP contribution >= 0.6 is 22.7 Å². The van der Waals surface area contributed by atoms with Gasteiger partial charge in [-0.15, -0.1) is 22.7 Å². The van der Waals surface area contributed by atoms with Crippen molar-refractivity contribution in [2.24, 2.45) is 0 Å². The first kappa shape index (κ1) is 73.9. The predicted molar refractivity (Wildman–Crippen MR) is 539 cm³/mol. The predicted octanol–water partition coefficient (Wildman–Crippen LogP) is 34.6. The van der Waals surface area contributed by atoms with Crippen LogP contribution in [-0.2, 0) is 0 Å². The highest BCUT2D eigenvalue weighted by atomic mass is 32.1. The average Bonchev–Trinajstić information content (AvgIpc) is 1.58. The van der Waals surface area contributed by atoms with E-state index in [1.807, 2.05) is 22.7 Å². The van der Waals surface area contributed by atoms with Gasteiger partial charge in [0.15, 0.2) is 0 Å². The van der Waals surface area contributed by atoms with Crippen LogP contribution in [0.5, 0.6) is 0 Å². The maximum absolute atomic E-state index is 2.40. The molecule has 20 aromatic carbocycles. The quantitative estimate of drug-likeness (QED) is 0.0903. The minimum atomic E-state index is 1.07. The van der Waals surface area contributed by atoms with E-state index in [1.54, 1.807) is 0 Å². The Morgan fingerprint density at radius 3 is 0.897 bits per heavy atom. The molecule has 0 aliphatic carbocycles. The number of benzene rings is 20. The molecule has 24 aromatic rings. The van der Waals surface area contributed by atoms with Gasteiger partial charge in [0.1, 0.15) is 0 Å². The summed E-state index contributed by atoms with van der Waals surface area (Å²) >= 11 is 3.76. The van der Waals surface area contributed by atoms with E-state index in [4.69, 9.17) is 0 Å². The van der Waals surface area contributed by atoms with Gasteiger partial charge in [-0.05, 0) is 252 Å². The maximum atomic E-state index is 2.40. The fourth-order valence-electron chi connectivity index (χ4n) is 19.2. The highest BCUT2D eigenvalue weighted by Crippen LogP contribution is 2.49. The van der Waals surface area contributed by atoms with Crippen molar-refractivity contribution >= 4 is 141 Å². The molecule has 0 amide bonds. The van der Waals surface area contributed by atoms with Crippen molar-refractivity contribution in [2.75, 3.05) is 9.80 Å². The van der Waals surface area contributed by atoms with Crippen LogP contribution in [0.4, 0.5) is 34.1 Å². The Labute approximate surface area is 738 Å². The summed E-state index contributed by atoms with van der Waals surface area (Å²) in [6.45, 7) is 0. The summed E-state index contributed by atoms with van der Waals surface area (Å²) in [5, 5.41) is 10.1. The number of hydrogen-bond donors (Lipinski definition) is 0. The van der Waals surface area contributed by atoms with E-state index >= 15 is 0 Å². The molecule has 4 nitrogen and oxygen atoms in total. The molecule has 24 rings (SSSR count). The zero-order valence-corrected chi connectivity index (χ0v) is 70.3. The summed E-state index contributed by atoms with van der Waals surface area (Å²) in [6, 6.07) is 174. The largest absolute Gasteiger partial charge is 0.311 e. The molecule has 4 aromatic heterocycles. The number of fused-ring (bicyclic) bond motifs is 12. The number of rotatable bonds is 17. The van der Waals surface area contributed by atoms with Gasteiger partial charge in [0, 0.05) is 107 Å². The Balaban J connectivity index is 0.528. The summed E-state index contributed by atoms with van der Waals surface area (Å²) in [6.07, 6.45) is 0. The SMILES string of the molecule is c1ccc(-c2ccc(-c3ccc(N(c4ccc(-c5ccc(-c6cccc(-c7ccc(-c8ccc(N(c9ccc(-c%10ccc%11c(c%10)c%10ccccc%10n%11-c%10ccccc%10)cc9)c9ccc(-c%10cccc%11c%10sc%10ccccc%10%11)cc9)cc8)c8sc9ccccc9c78)c6)cc5)cc4)c4ccc(-c5ccc6c(c5)c5ccccc5n6-c5ccccc5)cc4)cc3)cc2)cc1. The summed E-state index contributed by atoms with van der Waals surface area (Å²) in [4.78, 5) is 4.78. The summed E-state index contributed by atoms with van der Waals surface area (Å²) in [5.74, 6) is 0. The lowest BCUT2D eigenvalue weighted by Crippen LogP contribution is -2.09. The van der Waals surface area contributed by atoms with Crippen molar-refractivity contribution in [3.8, 4) is 112 Å². The normalized spacial score (nSPS) is 11.7. The van der Waals surface area contributed by atoms with Gasteiger partial charge in [0.05, 0.1) is 22.1 Å². The smallest absolute Gasteiger partial charge is 0.0541 e. The van der Waals surface area contributed by atoms with Crippen molar-refractivity contribution in [2.45, 2.75) is 0 Å². The zero-order valence-electron chi connectivity index (χ0n) is 68.6. The number of anilines is 6. The van der Waals surface area contributed by atoms with Crippen LogP contribution in [0.2, 0.25) is 0 Å². The molecule has 0 spiro atoms. The molecule has 0 aliphatic rings. The number of nitrogens with zero attached hydrogens (tertiary/aromatic N) is 4. The lowest BCUT2D eigenvalue weighted by atomic mass is 9.92. The number of thiophene rings is 2. The summed E-state index contributed by atoms with van der Waals surface area (Å²) in [5.41, 5.74) is 34.8. The van der Waals surface area contributed by atoms with E-state index in [0.717, 1.165) is 73.3 Å². The minimum absolute atomic E-state index is 1.07. The van der Waals surface area contributed by atoms with Crippen molar-refractivity contribution < 1.29 is 0 Å². The molecule has 126 heavy (non-hydrogen) atoms. The average molecular weight is 1640 g/mol. The van der Waals surface area contributed by atoms with Gasteiger partial charge in [-0.3, -0.25) is 0 Å². The third kappa shape index (κ3) is 13.1. The van der Waals surface area contributed by atoms with E-state index in [9.17, 15) is 0 Å². The minimum Gasteiger partial charge on any atom is -0.311 e. The van der Waals surface area contributed by atoms with E-state index in [1.165, 1.54) is 156 Å². The van der Waals surface area contributed by atoms with E-state index in [2.05, 4.69) is 492 Å². The van der Waals surface area contributed by atoms with Crippen molar-refractivity contribution in [3.05, 3.63) is 473 Å². The first-order valence-corrected chi connectivity index (χ1v) is 44.7. The number of aromatic nitrogens is 2. The van der Waals surface area contributed by atoms with Crippen LogP contribution in [0.1, 0.15) is 0 Å². The lowest BCUT2D eigenvalue weighted by molar-refractivity contribution is 1.18. The summed E-state index contributed by atoms with van der Waals surface area (Å²) < 4.78 is 9.92. The molecule has 0 saturated carbocycles. The topological polar surface area (TPSA) is 16.3 Å². The van der Waals surface area contributed by atoms with E-state index in [0.29, 0.717) is 0 Å². The summed E-state index contributed by atoms with van der Waals surface area (Å²) in [7, 11) is 0. The van der Waals surface area contributed by atoms with Gasteiger partial charge >= 0.3 is 0 Å². The highest BCUT2D eigenvalue weighted by Gasteiger charge is 2.23. The second-order valence-corrected chi connectivity index (χ2v) is 34.7. The van der Waals surface area contributed by atoms with Gasteiger partial charge < -0.3 is 18.9 Å².